The highest BCUT2D eigenvalue weighted by molar-refractivity contribution is 7.99. The van der Waals surface area contributed by atoms with Gasteiger partial charge in [-0.3, -0.25) is 9.36 Å². The molecule has 0 amide bonds. The first-order valence-electron chi connectivity index (χ1n) is 4.31. The van der Waals surface area contributed by atoms with Crippen LogP contribution in [-0.4, -0.2) is 15.3 Å². The largest absolute Gasteiger partial charge is 0.290 e. The summed E-state index contributed by atoms with van der Waals surface area (Å²) in [5.74, 6) is 0.927. The second-order valence-electron chi connectivity index (χ2n) is 2.83. The SMILES string of the molecule is CCSc1nc2ccsc2c(=O)n1C. The topological polar surface area (TPSA) is 34.9 Å². The van der Waals surface area contributed by atoms with E-state index in [4.69, 9.17) is 0 Å². The minimum absolute atomic E-state index is 0.0564. The van der Waals surface area contributed by atoms with Crippen LogP contribution in [0.1, 0.15) is 6.92 Å². The lowest BCUT2D eigenvalue weighted by Crippen LogP contribution is -2.18. The number of hydrogen-bond acceptors (Lipinski definition) is 4. The zero-order chi connectivity index (χ0) is 10.1. The smallest absolute Gasteiger partial charge is 0.271 e. The molecule has 2 heterocycles. The van der Waals surface area contributed by atoms with Crippen LogP contribution in [0, 0.1) is 0 Å². The first-order valence-corrected chi connectivity index (χ1v) is 6.17. The number of fused-ring (bicyclic) bond motifs is 1. The summed E-state index contributed by atoms with van der Waals surface area (Å²) in [6.07, 6.45) is 0. The van der Waals surface area contributed by atoms with Gasteiger partial charge in [-0.1, -0.05) is 18.7 Å². The van der Waals surface area contributed by atoms with Crippen LogP contribution in [0.15, 0.2) is 21.4 Å². The minimum Gasteiger partial charge on any atom is -0.290 e. The molecular weight excluding hydrogens is 216 g/mol. The molecule has 0 N–H and O–H groups in total. The molecule has 2 aromatic rings. The Morgan fingerprint density at radius 3 is 3.14 bits per heavy atom. The molecule has 0 spiro atoms. The van der Waals surface area contributed by atoms with Crippen LogP contribution >= 0.6 is 23.1 Å². The molecule has 14 heavy (non-hydrogen) atoms. The van der Waals surface area contributed by atoms with Crippen molar-refractivity contribution in [2.75, 3.05) is 5.75 Å². The summed E-state index contributed by atoms with van der Waals surface area (Å²) in [4.78, 5) is 16.2. The van der Waals surface area contributed by atoms with Gasteiger partial charge in [0.25, 0.3) is 5.56 Å². The molecule has 0 saturated heterocycles. The second kappa shape index (κ2) is 3.74. The summed E-state index contributed by atoms with van der Waals surface area (Å²) in [5, 5.41) is 2.70. The van der Waals surface area contributed by atoms with Gasteiger partial charge in [-0.15, -0.1) is 11.3 Å². The molecule has 0 atom stereocenters. The van der Waals surface area contributed by atoms with Crippen molar-refractivity contribution in [3.63, 3.8) is 0 Å². The number of aromatic nitrogens is 2. The number of nitrogens with zero attached hydrogens (tertiary/aromatic N) is 2. The fourth-order valence-corrected chi connectivity index (χ4v) is 2.73. The molecule has 0 unspecified atom stereocenters. The molecule has 74 valence electrons. The van der Waals surface area contributed by atoms with E-state index in [1.807, 2.05) is 11.4 Å². The Morgan fingerprint density at radius 1 is 1.64 bits per heavy atom. The number of hydrogen-bond donors (Lipinski definition) is 0. The average Bonchev–Trinajstić information content (AvgIpc) is 2.62. The molecule has 0 fully saturated rings. The molecule has 5 heteroatoms. The molecule has 0 aliphatic rings. The van der Waals surface area contributed by atoms with E-state index in [0.29, 0.717) is 0 Å². The lowest BCUT2D eigenvalue weighted by atomic mass is 10.5. The summed E-state index contributed by atoms with van der Waals surface area (Å²) in [6.45, 7) is 2.05. The lowest BCUT2D eigenvalue weighted by Gasteiger charge is -2.04. The average molecular weight is 226 g/mol. The molecule has 2 aromatic heterocycles. The van der Waals surface area contributed by atoms with Crippen LogP contribution in [0.25, 0.3) is 10.2 Å². The quantitative estimate of drug-likeness (QED) is 0.581. The molecule has 0 bridgehead atoms. The van der Waals surface area contributed by atoms with E-state index in [2.05, 4.69) is 11.9 Å². The normalized spacial score (nSPS) is 11.0. The Hall–Kier alpha value is -0.810. The predicted octanol–water partition coefficient (Wildman–Crippen LogP) is 2.11. The van der Waals surface area contributed by atoms with Gasteiger partial charge >= 0.3 is 0 Å². The van der Waals surface area contributed by atoms with Crippen LogP contribution < -0.4 is 5.56 Å². The Bertz CT molecular complexity index is 515. The second-order valence-corrected chi connectivity index (χ2v) is 4.97. The van der Waals surface area contributed by atoms with Gasteiger partial charge in [-0.25, -0.2) is 4.98 Å². The highest BCUT2D eigenvalue weighted by Gasteiger charge is 2.08. The van der Waals surface area contributed by atoms with Gasteiger partial charge in [0, 0.05) is 7.05 Å². The Balaban J connectivity index is 2.74. The summed E-state index contributed by atoms with van der Waals surface area (Å²) < 4.78 is 2.36. The van der Waals surface area contributed by atoms with Gasteiger partial charge in [-0.2, -0.15) is 0 Å². The number of rotatable bonds is 2. The van der Waals surface area contributed by atoms with Gasteiger partial charge < -0.3 is 0 Å². The van der Waals surface area contributed by atoms with Gasteiger partial charge in [-0.05, 0) is 17.2 Å². The number of thiophene rings is 1. The third-order valence-electron chi connectivity index (χ3n) is 1.92. The van der Waals surface area contributed by atoms with Crippen LogP contribution in [0.5, 0.6) is 0 Å². The monoisotopic (exact) mass is 226 g/mol. The van der Waals surface area contributed by atoms with E-state index in [1.165, 1.54) is 11.3 Å². The third kappa shape index (κ3) is 1.46. The van der Waals surface area contributed by atoms with E-state index in [9.17, 15) is 4.79 Å². The van der Waals surface area contributed by atoms with Gasteiger partial charge in [0.2, 0.25) is 0 Å². The van der Waals surface area contributed by atoms with Crippen molar-refractivity contribution in [3.05, 3.63) is 21.8 Å². The first kappa shape index (κ1) is 9.73. The standard InChI is InChI=1S/C9H10N2OS2/c1-3-13-9-10-6-4-5-14-7(6)8(12)11(9)2/h4-5H,3H2,1-2H3. The third-order valence-corrected chi connectivity index (χ3v) is 3.72. The van der Waals surface area contributed by atoms with Gasteiger partial charge in [0.05, 0.1) is 5.52 Å². The van der Waals surface area contributed by atoms with Crippen molar-refractivity contribution in [3.8, 4) is 0 Å². The molecular formula is C9H10N2OS2. The summed E-state index contributed by atoms with van der Waals surface area (Å²) in [5.41, 5.74) is 0.870. The van der Waals surface area contributed by atoms with E-state index < -0.39 is 0 Å². The molecule has 0 saturated carbocycles. The predicted molar refractivity (Wildman–Crippen MR) is 61.3 cm³/mol. The maximum absolute atomic E-state index is 11.8. The minimum atomic E-state index is 0.0564. The highest BCUT2D eigenvalue weighted by atomic mass is 32.2. The summed E-state index contributed by atoms with van der Waals surface area (Å²) in [6, 6.07) is 1.89. The van der Waals surface area contributed by atoms with Crippen molar-refractivity contribution in [2.45, 2.75) is 12.1 Å². The molecule has 0 radical (unpaired) electrons. The van der Waals surface area contributed by atoms with E-state index in [-0.39, 0.29) is 5.56 Å². The first-order chi connectivity index (χ1) is 6.74. The van der Waals surface area contributed by atoms with Crippen LogP contribution in [0.2, 0.25) is 0 Å². The van der Waals surface area contributed by atoms with Crippen molar-refractivity contribution < 1.29 is 0 Å². The molecule has 2 rings (SSSR count). The maximum Gasteiger partial charge on any atom is 0.271 e. The van der Waals surface area contributed by atoms with Crippen molar-refractivity contribution in [1.29, 1.82) is 0 Å². The summed E-state index contributed by atoms with van der Waals surface area (Å²) in [7, 11) is 1.77. The van der Waals surface area contributed by atoms with Crippen LogP contribution in [0.3, 0.4) is 0 Å². The van der Waals surface area contributed by atoms with Gasteiger partial charge in [0.1, 0.15) is 4.70 Å². The van der Waals surface area contributed by atoms with Crippen LogP contribution in [-0.2, 0) is 7.05 Å². The van der Waals surface area contributed by atoms with Crippen molar-refractivity contribution in [2.24, 2.45) is 7.05 Å². The maximum atomic E-state index is 11.8. The van der Waals surface area contributed by atoms with Crippen molar-refractivity contribution in [1.82, 2.24) is 9.55 Å². The fourth-order valence-electron chi connectivity index (χ4n) is 1.23. The Morgan fingerprint density at radius 2 is 2.43 bits per heavy atom. The van der Waals surface area contributed by atoms with Gasteiger partial charge in [0.15, 0.2) is 5.16 Å². The zero-order valence-corrected chi connectivity index (χ0v) is 9.61. The molecule has 0 aromatic carbocycles. The molecule has 0 aliphatic carbocycles. The van der Waals surface area contributed by atoms with E-state index in [0.717, 1.165) is 21.1 Å². The zero-order valence-electron chi connectivity index (χ0n) is 7.98. The van der Waals surface area contributed by atoms with Crippen molar-refractivity contribution >= 4 is 33.3 Å². The highest BCUT2D eigenvalue weighted by Crippen LogP contribution is 2.19. The van der Waals surface area contributed by atoms with E-state index >= 15 is 0 Å². The lowest BCUT2D eigenvalue weighted by molar-refractivity contribution is 0.728. The molecule has 3 nitrogen and oxygen atoms in total. The van der Waals surface area contributed by atoms with E-state index in [1.54, 1.807) is 23.4 Å². The summed E-state index contributed by atoms with van der Waals surface area (Å²) >= 11 is 3.04. The molecule has 0 aliphatic heterocycles. The van der Waals surface area contributed by atoms with Crippen LogP contribution in [0.4, 0.5) is 0 Å². The fraction of sp³-hybridized carbons (Fsp3) is 0.333. The Labute approximate surface area is 89.8 Å². The number of thioether (sulfide) groups is 1. The Kier molecular flexibility index (Phi) is 2.60.